The maximum Gasteiger partial charge on any atom is 0.253 e. The van der Waals surface area contributed by atoms with E-state index in [4.69, 9.17) is 4.74 Å². The topological polar surface area (TPSA) is 67.4 Å². The molecule has 0 aliphatic rings. The summed E-state index contributed by atoms with van der Waals surface area (Å²) in [5, 5.41) is 5.34. The van der Waals surface area contributed by atoms with Crippen molar-refractivity contribution >= 4 is 17.5 Å². The van der Waals surface area contributed by atoms with Gasteiger partial charge in [-0.2, -0.15) is 0 Å². The van der Waals surface area contributed by atoms with Crippen LogP contribution in [0.15, 0.2) is 48.5 Å². The van der Waals surface area contributed by atoms with Crippen molar-refractivity contribution in [2.75, 3.05) is 19.0 Å². The first-order valence-electron chi connectivity index (χ1n) is 7.46. The molecule has 0 bridgehead atoms. The average Bonchev–Trinajstić information content (AvgIpc) is 2.56. The molecule has 120 valence electrons. The summed E-state index contributed by atoms with van der Waals surface area (Å²) in [6, 6.07) is 14.3. The summed E-state index contributed by atoms with van der Waals surface area (Å²) in [7, 11) is 1.56. The number of carbonyl (C=O) groups excluding carboxylic acids is 2. The van der Waals surface area contributed by atoms with E-state index in [1.807, 2.05) is 31.2 Å². The molecular weight excluding hydrogens is 292 g/mol. The lowest BCUT2D eigenvalue weighted by Crippen LogP contribution is -2.22. The maximum absolute atomic E-state index is 12.2. The Morgan fingerprint density at radius 1 is 1.04 bits per heavy atom. The van der Waals surface area contributed by atoms with Crippen molar-refractivity contribution < 1.29 is 14.3 Å². The summed E-state index contributed by atoms with van der Waals surface area (Å²) < 4.78 is 5.37. The molecule has 0 aliphatic heterocycles. The lowest BCUT2D eigenvalue weighted by atomic mass is 10.1. The summed E-state index contributed by atoms with van der Waals surface area (Å²) in [5.74, 6) is 0.370. The van der Waals surface area contributed by atoms with Crippen molar-refractivity contribution in [1.29, 1.82) is 0 Å². The van der Waals surface area contributed by atoms with Crippen molar-refractivity contribution in [2.24, 2.45) is 0 Å². The Balaban J connectivity index is 2.04. The molecule has 23 heavy (non-hydrogen) atoms. The normalized spacial score (nSPS) is 10.0. The van der Waals surface area contributed by atoms with Gasteiger partial charge in [-0.05, 0) is 36.8 Å². The second-order valence-electron chi connectivity index (χ2n) is 4.93. The molecule has 0 saturated carbocycles. The van der Waals surface area contributed by atoms with Crippen molar-refractivity contribution in [3.8, 4) is 5.75 Å². The van der Waals surface area contributed by atoms with Gasteiger partial charge in [0, 0.05) is 7.05 Å². The van der Waals surface area contributed by atoms with Crippen LogP contribution in [0.2, 0.25) is 0 Å². The molecule has 0 fully saturated rings. The first kappa shape index (κ1) is 16.5. The molecule has 0 aliphatic carbocycles. The third-order valence-corrected chi connectivity index (χ3v) is 3.27. The van der Waals surface area contributed by atoms with Crippen LogP contribution in [0.1, 0.15) is 22.8 Å². The highest BCUT2D eigenvalue weighted by Crippen LogP contribution is 2.16. The maximum atomic E-state index is 12.2. The van der Waals surface area contributed by atoms with Gasteiger partial charge in [-0.15, -0.1) is 0 Å². The van der Waals surface area contributed by atoms with E-state index in [0.717, 1.165) is 11.3 Å². The van der Waals surface area contributed by atoms with Gasteiger partial charge in [-0.3, -0.25) is 9.59 Å². The summed E-state index contributed by atoms with van der Waals surface area (Å²) in [6.45, 7) is 2.53. The van der Waals surface area contributed by atoms with Gasteiger partial charge in [0.2, 0.25) is 5.91 Å². The van der Waals surface area contributed by atoms with Crippen molar-refractivity contribution in [2.45, 2.75) is 13.3 Å². The van der Waals surface area contributed by atoms with Crippen LogP contribution in [0.25, 0.3) is 0 Å². The summed E-state index contributed by atoms with van der Waals surface area (Å²) >= 11 is 0. The fraction of sp³-hybridized carbons (Fsp3) is 0.222. The highest BCUT2D eigenvalue weighted by atomic mass is 16.5. The zero-order valence-electron chi connectivity index (χ0n) is 13.3. The zero-order chi connectivity index (χ0) is 16.7. The molecule has 0 saturated heterocycles. The number of carbonyl (C=O) groups is 2. The van der Waals surface area contributed by atoms with Crippen LogP contribution in [0.5, 0.6) is 5.75 Å². The van der Waals surface area contributed by atoms with Gasteiger partial charge in [0.15, 0.2) is 0 Å². The molecule has 2 aromatic carbocycles. The largest absolute Gasteiger partial charge is 0.494 e. The lowest BCUT2D eigenvalue weighted by Gasteiger charge is -2.10. The number of nitrogens with one attached hydrogen (secondary N) is 2. The van der Waals surface area contributed by atoms with Gasteiger partial charge in [0.1, 0.15) is 5.75 Å². The fourth-order valence-corrected chi connectivity index (χ4v) is 2.17. The number of anilines is 1. The molecule has 5 heteroatoms. The van der Waals surface area contributed by atoms with Gasteiger partial charge >= 0.3 is 0 Å². The Labute approximate surface area is 135 Å². The number of rotatable bonds is 6. The highest BCUT2D eigenvalue weighted by molar-refractivity contribution is 6.03. The Morgan fingerprint density at radius 2 is 1.74 bits per heavy atom. The standard InChI is InChI=1S/C18H20N2O3/c1-3-23-14-10-8-13(9-11-14)12-17(21)20-16-7-5-4-6-15(16)18(22)19-2/h4-11H,3,12H2,1-2H3,(H,19,22)(H,20,21). The fourth-order valence-electron chi connectivity index (χ4n) is 2.17. The predicted octanol–water partition coefficient (Wildman–Crippen LogP) is 2.63. The number of hydrogen-bond donors (Lipinski definition) is 2. The van der Waals surface area contributed by atoms with Crippen molar-refractivity contribution in [3.05, 3.63) is 59.7 Å². The Morgan fingerprint density at radius 3 is 2.39 bits per heavy atom. The molecule has 0 heterocycles. The molecule has 2 aromatic rings. The van der Waals surface area contributed by atoms with Gasteiger partial charge in [0.25, 0.3) is 5.91 Å². The molecule has 5 nitrogen and oxygen atoms in total. The van der Waals surface area contributed by atoms with Crippen LogP contribution in [0.4, 0.5) is 5.69 Å². The van der Waals surface area contributed by atoms with E-state index in [2.05, 4.69) is 10.6 Å². The minimum Gasteiger partial charge on any atom is -0.494 e. The Bertz CT molecular complexity index is 681. The second-order valence-corrected chi connectivity index (χ2v) is 4.93. The van der Waals surface area contributed by atoms with E-state index >= 15 is 0 Å². The van der Waals surface area contributed by atoms with Crippen LogP contribution < -0.4 is 15.4 Å². The molecule has 0 atom stereocenters. The Kier molecular flexibility index (Phi) is 5.74. The van der Waals surface area contributed by atoms with Gasteiger partial charge in [-0.1, -0.05) is 24.3 Å². The zero-order valence-corrected chi connectivity index (χ0v) is 13.3. The summed E-state index contributed by atoms with van der Waals surface area (Å²) in [6.07, 6.45) is 0.231. The first-order valence-corrected chi connectivity index (χ1v) is 7.46. The number of amides is 2. The molecule has 0 spiro atoms. The van der Waals surface area contributed by atoms with Gasteiger partial charge < -0.3 is 15.4 Å². The first-order chi connectivity index (χ1) is 11.1. The van der Waals surface area contributed by atoms with E-state index in [9.17, 15) is 9.59 Å². The predicted molar refractivity (Wildman–Crippen MR) is 89.8 cm³/mol. The van der Waals surface area contributed by atoms with Gasteiger partial charge in [-0.25, -0.2) is 0 Å². The van der Waals surface area contributed by atoms with E-state index < -0.39 is 0 Å². The van der Waals surface area contributed by atoms with Crippen LogP contribution in [0, 0.1) is 0 Å². The molecule has 2 amide bonds. The quantitative estimate of drug-likeness (QED) is 0.861. The van der Waals surface area contributed by atoms with Crippen molar-refractivity contribution in [3.63, 3.8) is 0 Å². The SMILES string of the molecule is CCOc1ccc(CC(=O)Nc2ccccc2C(=O)NC)cc1. The summed E-state index contributed by atoms with van der Waals surface area (Å²) in [5.41, 5.74) is 1.82. The van der Waals surface area contributed by atoms with Crippen molar-refractivity contribution in [1.82, 2.24) is 5.32 Å². The lowest BCUT2D eigenvalue weighted by molar-refractivity contribution is -0.115. The molecule has 2 N–H and O–H groups in total. The molecule has 0 aromatic heterocycles. The average molecular weight is 312 g/mol. The van der Waals surface area contributed by atoms with E-state index in [0.29, 0.717) is 17.9 Å². The third-order valence-electron chi connectivity index (χ3n) is 3.27. The summed E-state index contributed by atoms with van der Waals surface area (Å²) in [4.78, 5) is 24.0. The van der Waals surface area contributed by atoms with E-state index in [1.165, 1.54) is 0 Å². The minimum absolute atomic E-state index is 0.175. The van der Waals surface area contributed by atoms with Crippen LogP contribution in [-0.4, -0.2) is 25.5 Å². The molecule has 0 unspecified atom stereocenters. The number of benzene rings is 2. The Hall–Kier alpha value is -2.82. The molecule has 0 radical (unpaired) electrons. The minimum atomic E-state index is -0.234. The second kappa shape index (κ2) is 7.98. The van der Waals surface area contributed by atoms with Crippen LogP contribution in [0.3, 0.4) is 0 Å². The monoisotopic (exact) mass is 312 g/mol. The molecular formula is C18H20N2O3. The van der Waals surface area contributed by atoms with Gasteiger partial charge in [0.05, 0.1) is 24.3 Å². The molecule has 2 rings (SSSR count). The van der Waals surface area contributed by atoms with E-state index in [-0.39, 0.29) is 18.2 Å². The van der Waals surface area contributed by atoms with Crippen LogP contribution in [-0.2, 0) is 11.2 Å². The van der Waals surface area contributed by atoms with E-state index in [1.54, 1.807) is 31.3 Å². The van der Waals surface area contributed by atoms with Crippen LogP contribution >= 0.6 is 0 Å². The smallest absolute Gasteiger partial charge is 0.253 e. The highest BCUT2D eigenvalue weighted by Gasteiger charge is 2.12. The number of ether oxygens (including phenoxy) is 1. The number of hydrogen-bond acceptors (Lipinski definition) is 3. The third kappa shape index (κ3) is 4.57. The number of para-hydroxylation sites is 1.